The lowest BCUT2D eigenvalue weighted by molar-refractivity contribution is -0.133. The molecule has 7 nitrogen and oxygen atoms in total. The quantitative estimate of drug-likeness (QED) is 0.413. The van der Waals surface area contributed by atoms with Crippen molar-refractivity contribution < 1.29 is 14.3 Å². The Morgan fingerprint density at radius 1 is 1.08 bits per heavy atom. The average molecular weight is 485 g/mol. The molecule has 0 spiro atoms. The molecule has 1 N–H and O–H groups in total. The number of imide groups is 1. The third kappa shape index (κ3) is 3.53. The van der Waals surface area contributed by atoms with Gasteiger partial charge in [-0.3, -0.25) is 19.5 Å². The van der Waals surface area contributed by atoms with Crippen LogP contribution in [0.3, 0.4) is 0 Å². The third-order valence-electron chi connectivity index (χ3n) is 7.85. The van der Waals surface area contributed by atoms with Crippen molar-refractivity contribution in [2.45, 2.75) is 38.3 Å². The van der Waals surface area contributed by atoms with E-state index in [0.29, 0.717) is 26.1 Å². The van der Waals surface area contributed by atoms with Crippen LogP contribution in [0.25, 0.3) is 10.9 Å². The van der Waals surface area contributed by atoms with E-state index < -0.39 is 5.54 Å². The van der Waals surface area contributed by atoms with Gasteiger partial charge in [-0.1, -0.05) is 42.5 Å². The molecule has 3 aliphatic heterocycles. The summed E-state index contributed by atoms with van der Waals surface area (Å²) in [5, 5.41) is 1.05. The van der Waals surface area contributed by atoms with E-state index in [4.69, 9.17) is 4.74 Å². The van der Waals surface area contributed by atoms with Gasteiger partial charge in [0.25, 0.3) is 5.91 Å². The SMILES string of the molecule is CCOc1ccc2[nH]c3c(c2c1)C[C@@]1(C)C(=O)N(CCN2CC=CCC2)C(=O)N1[C@@H]3c1ccccc1. The average Bonchev–Trinajstić information content (AvgIpc) is 3.34. The number of amides is 3. The Morgan fingerprint density at radius 2 is 1.92 bits per heavy atom. The van der Waals surface area contributed by atoms with Gasteiger partial charge in [0.05, 0.1) is 6.61 Å². The Morgan fingerprint density at radius 3 is 2.67 bits per heavy atom. The zero-order valence-corrected chi connectivity index (χ0v) is 20.9. The Kier molecular flexibility index (Phi) is 5.60. The molecule has 186 valence electrons. The van der Waals surface area contributed by atoms with E-state index in [-0.39, 0.29) is 18.0 Å². The van der Waals surface area contributed by atoms with Crippen LogP contribution in [0, 0.1) is 0 Å². The largest absolute Gasteiger partial charge is 0.494 e. The fourth-order valence-corrected chi connectivity index (χ4v) is 6.06. The molecule has 0 bridgehead atoms. The van der Waals surface area contributed by atoms with E-state index in [0.717, 1.165) is 53.0 Å². The lowest BCUT2D eigenvalue weighted by atomic mass is 9.81. The summed E-state index contributed by atoms with van der Waals surface area (Å²) in [5.41, 5.74) is 3.09. The smallest absolute Gasteiger partial charge is 0.328 e. The minimum Gasteiger partial charge on any atom is -0.494 e. The van der Waals surface area contributed by atoms with Gasteiger partial charge in [0.15, 0.2) is 0 Å². The van der Waals surface area contributed by atoms with Gasteiger partial charge in [0.2, 0.25) is 0 Å². The first-order chi connectivity index (χ1) is 17.5. The molecule has 1 fully saturated rings. The number of fused-ring (bicyclic) bond motifs is 4. The van der Waals surface area contributed by atoms with Crippen molar-refractivity contribution in [1.29, 1.82) is 0 Å². The van der Waals surface area contributed by atoms with Crippen LogP contribution >= 0.6 is 0 Å². The van der Waals surface area contributed by atoms with Crippen molar-refractivity contribution in [1.82, 2.24) is 19.7 Å². The molecular formula is C29H32N4O3. The number of nitrogens with one attached hydrogen (secondary N) is 1. The maximum absolute atomic E-state index is 14.0. The Hall–Kier alpha value is -3.58. The van der Waals surface area contributed by atoms with Crippen LogP contribution in [-0.4, -0.2) is 69.9 Å². The Balaban J connectivity index is 1.43. The van der Waals surface area contributed by atoms with Crippen LogP contribution in [0.2, 0.25) is 0 Å². The van der Waals surface area contributed by atoms with Crippen LogP contribution in [-0.2, 0) is 11.2 Å². The number of aromatic amines is 1. The highest BCUT2D eigenvalue weighted by Gasteiger charge is 2.60. The zero-order chi connectivity index (χ0) is 24.9. The number of hydrogen-bond acceptors (Lipinski definition) is 4. The van der Waals surface area contributed by atoms with Gasteiger partial charge in [-0.15, -0.1) is 0 Å². The summed E-state index contributed by atoms with van der Waals surface area (Å²) in [6, 6.07) is 15.5. The normalized spacial score (nSPS) is 23.9. The topological polar surface area (TPSA) is 68.9 Å². The standard InChI is InChI=1S/C29H32N4O3/c1-3-36-21-12-13-24-22(18-21)23-19-29(2)27(34)32(17-16-31-14-8-5-9-15-31)28(35)33(29)26(25(23)30-24)20-10-6-4-7-11-20/h4-8,10-13,18,26,30H,3,9,14-17,19H2,1-2H3/t26-,29+/m1/s1. The molecule has 1 aromatic heterocycles. The third-order valence-corrected chi connectivity index (χ3v) is 7.85. The molecular weight excluding hydrogens is 452 g/mol. The molecule has 6 rings (SSSR count). The summed E-state index contributed by atoms with van der Waals surface area (Å²) < 4.78 is 5.78. The van der Waals surface area contributed by atoms with Gasteiger partial charge in [-0.2, -0.15) is 0 Å². The summed E-state index contributed by atoms with van der Waals surface area (Å²) in [4.78, 5) is 37.1. The van der Waals surface area contributed by atoms with Gasteiger partial charge >= 0.3 is 6.03 Å². The van der Waals surface area contributed by atoms with Crippen molar-refractivity contribution in [3.05, 3.63) is 77.5 Å². The molecule has 0 radical (unpaired) electrons. The van der Waals surface area contributed by atoms with Crippen molar-refractivity contribution in [3.8, 4) is 5.75 Å². The first kappa shape index (κ1) is 22.9. The molecule has 3 amide bonds. The summed E-state index contributed by atoms with van der Waals surface area (Å²) >= 11 is 0. The number of rotatable bonds is 6. The van der Waals surface area contributed by atoms with Gasteiger partial charge in [0.1, 0.15) is 17.3 Å². The van der Waals surface area contributed by atoms with E-state index >= 15 is 0 Å². The van der Waals surface area contributed by atoms with Gasteiger partial charge in [0, 0.05) is 49.2 Å². The van der Waals surface area contributed by atoms with E-state index in [1.54, 1.807) is 0 Å². The molecule has 0 aliphatic carbocycles. The zero-order valence-electron chi connectivity index (χ0n) is 20.9. The fraction of sp³-hybridized carbons (Fsp3) is 0.379. The molecule has 4 heterocycles. The number of H-pyrrole nitrogens is 1. The number of urea groups is 1. The van der Waals surface area contributed by atoms with Crippen molar-refractivity contribution in [2.75, 3.05) is 32.8 Å². The highest BCUT2D eigenvalue weighted by molar-refractivity contribution is 6.08. The Labute approximate surface area is 211 Å². The van der Waals surface area contributed by atoms with Crippen LogP contribution in [0.5, 0.6) is 5.75 Å². The molecule has 0 saturated carbocycles. The van der Waals surface area contributed by atoms with Crippen LogP contribution < -0.4 is 4.74 Å². The van der Waals surface area contributed by atoms with E-state index in [1.807, 2.05) is 61.2 Å². The number of ether oxygens (including phenoxy) is 1. The number of carbonyl (C=O) groups excluding carboxylic acids is 2. The molecule has 2 atom stereocenters. The minimum atomic E-state index is -0.955. The number of benzene rings is 2. The van der Waals surface area contributed by atoms with Gasteiger partial charge in [-0.25, -0.2) is 4.79 Å². The van der Waals surface area contributed by atoms with Crippen LogP contribution in [0.4, 0.5) is 4.79 Å². The molecule has 7 heteroatoms. The van der Waals surface area contributed by atoms with Crippen molar-refractivity contribution >= 4 is 22.8 Å². The van der Waals surface area contributed by atoms with Gasteiger partial charge in [-0.05, 0) is 49.6 Å². The Bertz CT molecular complexity index is 1350. The van der Waals surface area contributed by atoms with Crippen LogP contribution in [0.15, 0.2) is 60.7 Å². The molecule has 0 unspecified atom stereocenters. The first-order valence-electron chi connectivity index (χ1n) is 12.9. The molecule has 3 aromatic rings. The number of aromatic nitrogens is 1. The van der Waals surface area contributed by atoms with E-state index in [9.17, 15) is 9.59 Å². The second-order valence-corrected chi connectivity index (χ2v) is 10.1. The summed E-state index contributed by atoms with van der Waals surface area (Å²) in [7, 11) is 0. The first-order valence-corrected chi connectivity index (χ1v) is 12.9. The number of carbonyl (C=O) groups is 2. The highest BCUT2D eigenvalue weighted by Crippen LogP contribution is 2.48. The van der Waals surface area contributed by atoms with Gasteiger partial charge < -0.3 is 9.72 Å². The predicted octanol–water partition coefficient (Wildman–Crippen LogP) is 4.50. The summed E-state index contributed by atoms with van der Waals surface area (Å²) in [5.74, 6) is 0.698. The number of nitrogens with zero attached hydrogens (tertiary/aromatic N) is 3. The molecule has 3 aliphatic rings. The van der Waals surface area contributed by atoms with E-state index in [1.165, 1.54) is 4.90 Å². The summed E-state index contributed by atoms with van der Waals surface area (Å²) in [6.45, 7) is 7.41. The summed E-state index contributed by atoms with van der Waals surface area (Å²) in [6.07, 6.45) is 5.81. The monoisotopic (exact) mass is 484 g/mol. The lowest BCUT2D eigenvalue weighted by Crippen LogP contribution is -2.53. The van der Waals surface area contributed by atoms with Crippen LogP contribution in [0.1, 0.15) is 43.1 Å². The fourth-order valence-electron chi connectivity index (χ4n) is 6.06. The predicted molar refractivity (Wildman–Crippen MR) is 139 cm³/mol. The lowest BCUT2D eigenvalue weighted by Gasteiger charge is -2.42. The van der Waals surface area contributed by atoms with Crippen molar-refractivity contribution in [3.63, 3.8) is 0 Å². The second kappa shape index (κ2) is 8.82. The molecule has 36 heavy (non-hydrogen) atoms. The number of hydrogen-bond donors (Lipinski definition) is 1. The molecule has 2 aromatic carbocycles. The maximum Gasteiger partial charge on any atom is 0.328 e. The molecule has 1 saturated heterocycles. The highest BCUT2D eigenvalue weighted by atomic mass is 16.5. The minimum absolute atomic E-state index is 0.109. The maximum atomic E-state index is 14.0. The second-order valence-electron chi connectivity index (χ2n) is 10.1. The van der Waals surface area contributed by atoms with E-state index in [2.05, 4.69) is 28.1 Å². The van der Waals surface area contributed by atoms with Crippen molar-refractivity contribution in [2.24, 2.45) is 0 Å².